The number of aromatic carboxylic acids is 1. The number of carboxylic acid groups (broad SMARTS) is 1. The Morgan fingerprint density at radius 3 is 2.72 bits per heavy atom. The second kappa shape index (κ2) is 6.34. The molecule has 1 aromatic heterocycles. The second-order valence-electron chi connectivity index (χ2n) is 3.59. The Bertz CT molecular complexity index is 407. The van der Waals surface area contributed by atoms with Gasteiger partial charge in [-0.2, -0.15) is 13.2 Å². The van der Waals surface area contributed by atoms with E-state index in [9.17, 15) is 18.0 Å². The molecule has 1 aromatic rings. The summed E-state index contributed by atoms with van der Waals surface area (Å²) in [5.41, 5.74) is 0.258. The molecule has 0 amide bonds. The standard InChI is InChI=1S/C11H12F3NO3/c12-11(13,14)5-2-6-18-7-8-3-1-4-9(15-8)10(16)17/h1,3-4H,2,5-7H2,(H,16,17). The van der Waals surface area contributed by atoms with Crippen LogP contribution < -0.4 is 0 Å². The van der Waals surface area contributed by atoms with Crippen LogP contribution in [-0.2, 0) is 11.3 Å². The highest BCUT2D eigenvalue weighted by molar-refractivity contribution is 5.85. The lowest BCUT2D eigenvalue weighted by atomic mass is 10.3. The van der Waals surface area contributed by atoms with Crippen LogP contribution in [0.4, 0.5) is 13.2 Å². The summed E-state index contributed by atoms with van der Waals surface area (Å²) in [5, 5.41) is 8.68. The molecule has 0 saturated carbocycles. The van der Waals surface area contributed by atoms with Crippen molar-refractivity contribution in [1.29, 1.82) is 0 Å². The molecule has 7 heteroatoms. The molecule has 0 spiro atoms. The fourth-order valence-corrected chi connectivity index (χ4v) is 1.23. The van der Waals surface area contributed by atoms with E-state index >= 15 is 0 Å². The molecule has 0 aliphatic heterocycles. The van der Waals surface area contributed by atoms with Crippen LogP contribution in [0.5, 0.6) is 0 Å². The number of carbonyl (C=O) groups is 1. The van der Waals surface area contributed by atoms with Gasteiger partial charge < -0.3 is 9.84 Å². The number of ether oxygens (including phenoxy) is 1. The fourth-order valence-electron chi connectivity index (χ4n) is 1.23. The van der Waals surface area contributed by atoms with E-state index in [-0.39, 0.29) is 25.3 Å². The Morgan fingerprint density at radius 2 is 2.11 bits per heavy atom. The van der Waals surface area contributed by atoms with Gasteiger partial charge in [-0.3, -0.25) is 0 Å². The number of pyridine rings is 1. The molecular weight excluding hydrogens is 251 g/mol. The first-order chi connectivity index (χ1) is 8.38. The average molecular weight is 263 g/mol. The summed E-state index contributed by atoms with van der Waals surface area (Å²) in [4.78, 5) is 14.4. The van der Waals surface area contributed by atoms with Crippen LogP contribution in [0.2, 0.25) is 0 Å². The molecule has 0 unspecified atom stereocenters. The molecule has 0 aliphatic rings. The number of carboxylic acids is 1. The van der Waals surface area contributed by atoms with Crippen molar-refractivity contribution < 1.29 is 27.8 Å². The molecule has 0 aromatic carbocycles. The van der Waals surface area contributed by atoms with Crippen molar-refractivity contribution in [1.82, 2.24) is 4.98 Å². The molecule has 0 atom stereocenters. The molecule has 0 saturated heterocycles. The summed E-state index contributed by atoms with van der Waals surface area (Å²) in [6, 6.07) is 4.39. The van der Waals surface area contributed by atoms with Crippen LogP contribution in [0.3, 0.4) is 0 Å². The normalized spacial score (nSPS) is 11.5. The predicted octanol–water partition coefficient (Wildman–Crippen LogP) is 2.64. The van der Waals surface area contributed by atoms with Crippen molar-refractivity contribution in [3.05, 3.63) is 29.6 Å². The van der Waals surface area contributed by atoms with Gasteiger partial charge in [-0.1, -0.05) is 6.07 Å². The van der Waals surface area contributed by atoms with Gasteiger partial charge in [0, 0.05) is 13.0 Å². The van der Waals surface area contributed by atoms with Crippen molar-refractivity contribution in [2.24, 2.45) is 0 Å². The zero-order valence-electron chi connectivity index (χ0n) is 9.41. The van der Waals surface area contributed by atoms with E-state index in [0.29, 0.717) is 5.69 Å². The number of alkyl halides is 3. The first-order valence-corrected chi connectivity index (χ1v) is 5.22. The lowest BCUT2D eigenvalue weighted by Gasteiger charge is -2.06. The molecule has 0 bridgehead atoms. The first-order valence-electron chi connectivity index (χ1n) is 5.22. The van der Waals surface area contributed by atoms with Crippen LogP contribution in [0, 0.1) is 0 Å². The molecule has 0 fully saturated rings. The maximum absolute atomic E-state index is 11.8. The third kappa shape index (κ3) is 5.62. The highest BCUT2D eigenvalue weighted by Crippen LogP contribution is 2.21. The van der Waals surface area contributed by atoms with Crippen molar-refractivity contribution in [2.45, 2.75) is 25.6 Å². The molecule has 100 valence electrons. The van der Waals surface area contributed by atoms with E-state index in [1.54, 1.807) is 6.07 Å². The predicted molar refractivity (Wildman–Crippen MR) is 56.1 cm³/mol. The zero-order valence-corrected chi connectivity index (χ0v) is 9.41. The van der Waals surface area contributed by atoms with E-state index in [1.165, 1.54) is 12.1 Å². The zero-order chi connectivity index (χ0) is 13.6. The molecule has 1 N–H and O–H groups in total. The van der Waals surface area contributed by atoms with E-state index in [0.717, 1.165) is 0 Å². The molecule has 1 heterocycles. The van der Waals surface area contributed by atoms with Gasteiger partial charge in [0.2, 0.25) is 0 Å². The maximum Gasteiger partial charge on any atom is 0.389 e. The fraction of sp³-hybridized carbons (Fsp3) is 0.455. The largest absolute Gasteiger partial charge is 0.477 e. The van der Waals surface area contributed by atoms with E-state index in [4.69, 9.17) is 9.84 Å². The molecule has 0 aliphatic carbocycles. The van der Waals surface area contributed by atoms with Gasteiger partial charge in [-0.25, -0.2) is 9.78 Å². The minimum atomic E-state index is -4.18. The summed E-state index contributed by atoms with van der Waals surface area (Å²) in [5.74, 6) is -1.16. The van der Waals surface area contributed by atoms with Crippen molar-refractivity contribution in [3.63, 3.8) is 0 Å². The number of hydrogen-bond donors (Lipinski definition) is 1. The summed E-state index contributed by atoms with van der Waals surface area (Å²) in [7, 11) is 0. The minimum absolute atomic E-state index is 0.00101. The molecule has 4 nitrogen and oxygen atoms in total. The molecular formula is C11H12F3NO3. The van der Waals surface area contributed by atoms with Crippen molar-refractivity contribution in [3.8, 4) is 0 Å². The van der Waals surface area contributed by atoms with E-state index < -0.39 is 18.6 Å². The van der Waals surface area contributed by atoms with Gasteiger partial charge in [0.05, 0.1) is 12.3 Å². The van der Waals surface area contributed by atoms with Crippen molar-refractivity contribution in [2.75, 3.05) is 6.61 Å². The first kappa shape index (κ1) is 14.4. The number of rotatable bonds is 6. The van der Waals surface area contributed by atoms with Crippen molar-refractivity contribution >= 4 is 5.97 Å². The third-order valence-electron chi connectivity index (χ3n) is 2.02. The van der Waals surface area contributed by atoms with Gasteiger partial charge in [-0.05, 0) is 18.6 Å². The molecule has 0 radical (unpaired) electrons. The van der Waals surface area contributed by atoms with Gasteiger partial charge in [0.1, 0.15) is 5.69 Å². The van der Waals surface area contributed by atoms with Gasteiger partial charge in [-0.15, -0.1) is 0 Å². The minimum Gasteiger partial charge on any atom is -0.477 e. The Balaban J connectivity index is 2.31. The molecule has 1 rings (SSSR count). The summed E-state index contributed by atoms with van der Waals surface area (Å²) in [6.45, 7) is -0.0442. The maximum atomic E-state index is 11.8. The lowest BCUT2D eigenvalue weighted by molar-refractivity contribution is -0.138. The van der Waals surface area contributed by atoms with Gasteiger partial charge in [0.15, 0.2) is 0 Å². The summed E-state index contributed by atoms with van der Waals surface area (Å²) >= 11 is 0. The number of halogens is 3. The SMILES string of the molecule is O=C(O)c1cccc(COCCCC(F)(F)F)n1. The van der Waals surface area contributed by atoms with Crippen LogP contribution in [0.1, 0.15) is 29.0 Å². The summed E-state index contributed by atoms with van der Waals surface area (Å²) < 4.78 is 40.4. The van der Waals surface area contributed by atoms with Crippen LogP contribution in [0.15, 0.2) is 18.2 Å². The Kier molecular flexibility index (Phi) is 5.08. The Morgan fingerprint density at radius 1 is 1.39 bits per heavy atom. The Hall–Kier alpha value is -1.63. The quantitative estimate of drug-likeness (QED) is 0.801. The second-order valence-corrected chi connectivity index (χ2v) is 3.59. The Labute approximate surface area is 101 Å². The molecule has 18 heavy (non-hydrogen) atoms. The smallest absolute Gasteiger partial charge is 0.389 e. The van der Waals surface area contributed by atoms with E-state index in [1.807, 2.05) is 0 Å². The van der Waals surface area contributed by atoms with Crippen LogP contribution in [-0.4, -0.2) is 28.8 Å². The van der Waals surface area contributed by atoms with E-state index in [2.05, 4.69) is 4.98 Å². The number of hydrogen-bond acceptors (Lipinski definition) is 3. The lowest BCUT2D eigenvalue weighted by Crippen LogP contribution is -2.09. The average Bonchev–Trinajstić information content (AvgIpc) is 2.27. The highest BCUT2D eigenvalue weighted by atomic mass is 19.4. The summed E-state index contributed by atoms with van der Waals surface area (Å²) in [6.07, 6.45) is -5.19. The third-order valence-corrected chi connectivity index (χ3v) is 2.02. The van der Waals surface area contributed by atoms with Gasteiger partial charge >= 0.3 is 12.1 Å². The number of nitrogens with zero attached hydrogens (tertiary/aromatic N) is 1. The highest BCUT2D eigenvalue weighted by Gasteiger charge is 2.25. The topological polar surface area (TPSA) is 59.4 Å². The van der Waals surface area contributed by atoms with Gasteiger partial charge in [0.25, 0.3) is 0 Å². The van der Waals surface area contributed by atoms with Crippen LogP contribution in [0.25, 0.3) is 0 Å². The van der Waals surface area contributed by atoms with Crippen LogP contribution >= 0.6 is 0 Å². The monoisotopic (exact) mass is 263 g/mol. The number of aromatic nitrogens is 1.